The average molecular weight is 356 g/mol. The average Bonchev–Trinajstić information content (AvgIpc) is 3.27. The predicted octanol–water partition coefficient (Wildman–Crippen LogP) is 2.88. The maximum absolute atomic E-state index is 12.0. The summed E-state index contributed by atoms with van der Waals surface area (Å²) in [5, 5.41) is 14.0. The van der Waals surface area contributed by atoms with Crippen LogP contribution in [0.5, 0.6) is 0 Å². The summed E-state index contributed by atoms with van der Waals surface area (Å²) in [5.74, 6) is 1.09. The summed E-state index contributed by atoms with van der Waals surface area (Å²) in [6, 6.07) is 11.2. The molecule has 128 valence electrons. The third kappa shape index (κ3) is 4.95. The first-order valence-electron chi connectivity index (χ1n) is 7.44. The molecule has 0 spiro atoms. The molecule has 0 aliphatic rings. The number of furan rings is 1. The first-order valence-corrected chi connectivity index (χ1v) is 8.42. The van der Waals surface area contributed by atoms with E-state index < -0.39 is 0 Å². The molecule has 9 heteroatoms. The number of rotatable bonds is 7. The molecule has 0 fully saturated rings. The third-order valence-electron chi connectivity index (χ3n) is 3.12. The fourth-order valence-electron chi connectivity index (χ4n) is 1.91. The highest BCUT2D eigenvalue weighted by Crippen LogP contribution is 2.17. The molecule has 2 heterocycles. The molecular weight excluding hydrogens is 340 g/mol. The number of para-hydroxylation sites is 1. The van der Waals surface area contributed by atoms with Crippen molar-refractivity contribution >= 4 is 35.5 Å². The molecule has 3 N–H and O–H groups in total. The van der Waals surface area contributed by atoms with Gasteiger partial charge in [0.2, 0.25) is 17.0 Å². The number of nitrogens with one attached hydrogen (secondary N) is 3. The molecule has 3 aromatic rings. The highest BCUT2D eigenvalue weighted by molar-refractivity contribution is 7.99. The van der Waals surface area contributed by atoms with E-state index in [-0.39, 0.29) is 11.7 Å². The summed E-state index contributed by atoms with van der Waals surface area (Å²) >= 11 is 1.23. The van der Waals surface area contributed by atoms with Gasteiger partial charge in [-0.15, -0.1) is 5.10 Å². The number of carbonyl (C=O) groups excluding carboxylic acids is 1. The number of benzene rings is 1. The number of amides is 1. The number of hydrogen-bond acceptors (Lipinski definition) is 7. The van der Waals surface area contributed by atoms with E-state index in [9.17, 15) is 4.79 Å². The number of aryl methyl sites for hydroxylation is 1. The normalized spacial score (nSPS) is 10.9. The van der Waals surface area contributed by atoms with E-state index in [0.29, 0.717) is 16.9 Å². The first-order chi connectivity index (χ1) is 12.2. The van der Waals surface area contributed by atoms with Crippen molar-refractivity contribution in [3.63, 3.8) is 0 Å². The largest absolute Gasteiger partial charge is 0.463 e. The van der Waals surface area contributed by atoms with Crippen LogP contribution in [0.1, 0.15) is 11.3 Å². The van der Waals surface area contributed by atoms with Gasteiger partial charge in [-0.05, 0) is 30.7 Å². The second kappa shape index (κ2) is 8.15. The van der Waals surface area contributed by atoms with Gasteiger partial charge in [0.25, 0.3) is 0 Å². The molecule has 0 bridgehead atoms. The maximum atomic E-state index is 12.0. The fourth-order valence-corrected chi connectivity index (χ4v) is 2.51. The molecule has 25 heavy (non-hydrogen) atoms. The zero-order valence-electron chi connectivity index (χ0n) is 13.4. The van der Waals surface area contributed by atoms with E-state index in [4.69, 9.17) is 4.42 Å². The number of thioether (sulfide) groups is 1. The molecular formula is C16H16N6O2S. The molecule has 2 aromatic heterocycles. The maximum Gasteiger partial charge on any atom is 0.240 e. The Balaban J connectivity index is 1.46. The Labute approximate surface area is 148 Å². The van der Waals surface area contributed by atoms with E-state index in [1.54, 1.807) is 18.4 Å². The summed E-state index contributed by atoms with van der Waals surface area (Å²) in [4.78, 5) is 16.2. The Hall–Kier alpha value is -3.07. The highest BCUT2D eigenvalue weighted by Gasteiger charge is 2.08. The van der Waals surface area contributed by atoms with Gasteiger partial charge >= 0.3 is 0 Å². The minimum absolute atomic E-state index is 0.116. The lowest BCUT2D eigenvalue weighted by molar-refractivity contribution is -0.113. The molecule has 0 saturated heterocycles. The van der Waals surface area contributed by atoms with Crippen molar-refractivity contribution in [2.75, 3.05) is 16.5 Å². The smallest absolute Gasteiger partial charge is 0.240 e. The summed E-state index contributed by atoms with van der Waals surface area (Å²) in [6.07, 6.45) is 3.08. The van der Waals surface area contributed by atoms with Gasteiger partial charge in [-0.25, -0.2) is 10.5 Å². The molecule has 8 nitrogen and oxygen atoms in total. The number of hydrogen-bond donors (Lipinski definition) is 3. The monoisotopic (exact) mass is 356 g/mol. The minimum Gasteiger partial charge on any atom is -0.463 e. The van der Waals surface area contributed by atoms with Gasteiger partial charge in [0.05, 0.1) is 18.2 Å². The summed E-state index contributed by atoms with van der Waals surface area (Å²) in [6.45, 7) is 1.94. The summed E-state index contributed by atoms with van der Waals surface area (Å²) in [7, 11) is 0. The van der Waals surface area contributed by atoms with Crippen molar-refractivity contribution in [3.05, 3.63) is 54.0 Å². The van der Waals surface area contributed by atoms with E-state index in [1.165, 1.54) is 18.0 Å². The van der Waals surface area contributed by atoms with Gasteiger partial charge in [0.15, 0.2) is 0 Å². The van der Waals surface area contributed by atoms with Crippen molar-refractivity contribution in [3.8, 4) is 0 Å². The van der Waals surface area contributed by atoms with Gasteiger partial charge in [0.1, 0.15) is 5.76 Å². The van der Waals surface area contributed by atoms with Gasteiger partial charge in [-0.3, -0.25) is 4.79 Å². The van der Waals surface area contributed by atoms with Crippen molar-refractivity contribution in [2.24, 2.45) is 5.10 Å². The van der Waals surface area contributed by atoms with Crippen LogP contribution in [0.2, 0.25) is 0 Å². The first kappa shape index (κ1) is 16.8. The number of H-pyrrole nitrogens is 1. The molecule has 0 saturated carbocycles. The number of carbonyl (C=O) groups is 1. The molecule has 1 amide bonds. The summed E-state index contributed by atoms with van der Waals surface area (Å²) < 4.78 is 5.11. The van der Waals surface area contributed by atoms with E-state index in [1.807, 2.05) is 31.2 Å². The fraction of sp³-hybridized carbons (Fsp3) is 0.125. The highest BCUT2D eigenvalue weighted by atomic mass is 32.2. The molecule has 0 radical (unpaired) electrons. The topological polar surface area (TPSA) is 108 Å². The van der Waals surface area contributed by atoms with Crippen LogP contribution in [0.25, 0.3) is 0 Å². The van der Waals surface area contributed by atoms with Crippen LogP contribution >= 0.6 is 11.8 Å². The third-order valence-corrected chi connectivity index (χ3v) is 3.97. The van der Waals surface area contributed by atoms with Crippen LogP contribution in [0, 0.1) is 6.92 Å². The van der Waals surface area contributed by atoms with E-state index in [2.05, 4.69) is 31.0 Å². The van der Waals surface area contributed by atoms with Crippen LogP contribution in [0.4, 0.5) is 11.6 Å². The van der Waals surface area contributed by atoms with Gasteiger partial charge in [-0.2, -0.15) is 10.1 Å². The Morgan fingerprint density at radius 2 is 2.24 bits per heavy atom. The Morgan fingerprint density at radius 3 is 3.04 bits per heavy atom. The molecule has 0 aliphatic heterocycles. The van der Waals surface area contributed by atoms with Crippen LogP contribution in [-0.2, 0) is 4.79 Å². The second-order valence-corrected chi connectivity index (χ2v) is 5.95. The lowest BCUT2D eigenvalue weighted by Gasteiger charge is -2.06. The van der Waals surface area contributed by atoms with Crippen LogP contribution in [-0.4, -0.2) is 33.1 Å². The summed E-state index contributed by atoms with van der Waals surface area (Å²) in [5.41, 5.74) is 4.52. The molecule has 3 rings (SSSR count). The molecule has 0 aliphatic carbocycles. The van der Waals surface area contributed by atoms with E-state index in [0.717, 1.165) is 11.3 Å². The van der Waals surface area contributed by atoms with E-state index >= 15 is 0 Å². The Bertz CT molecular complexity index is 859. The number of aromatic amines is 1. The number of hydrazone groups is 1. The van der Waals surface area contributed by atoms with Crippen molar-refractivity contribution in [2.45, 2.75) is 12.1 Å². The Kier molecular flexibility index (Phi) is 5.47. The predicted molar refractivity (Wildman–Crippen MR) is 96.8 cm³/mol. The zero-order valence-corrected chi connectivity index (χ0v) is 14.2. The van der Waals surface area contributed by atoms with Gasteiger partial charge < -0.3 is 9.73 Å². The number of anilines is 2. The SMILES string of the molecule is Cc1ccccc1NC(=O)CSc1n[nH]c(N/N=C\c2ccco2)n1. The van der Waals surface area contributed by atoms with Crippen LogP contribution < -0.4 is 10.7 Å². The zero-order chi connectivity index (χ0) is 17.5. The molecule has 0 unspecified atom stereocenters. The second-order valence-electron chi connectivity index (χ2n) is 5.00. The van der Waals surface area contributed by atoms with Crippen LogP contribution in [0.15, 0.2) is 57.3 Å². The number of aromatic nitrogens is 3. The molecule has 1 aromatic carbocycles. The van der Waals surface area contributed by atoms with Crippen molar-refractivity contribution in [1.29, 1.82) is 0 Å². The lowest BCUT2D eigenvalue weighted by atomic mass is 10.2. The minimum atomic E-state index is -0.116. The quantitative estimate of drug-likeness (QED) is 0.341. The lowest BCUT2D eigenvalue weighted by Crippen LogP contribution is -2.14. The van der Waals surface area contributed by atoms with Crippen molar-refractivity contribution in [1.82, 2.24) is 15.2 Å². The molecule has 0 atom stereocenters. The standard InChI is InChI=1S/C16H16N6O2S/c1-11-5-2-3-7-13(11)18-14(23)10-25-16-19-15(21-22-16)20-17-9-12-6-4-8-24-12/h2-9H,10H2,1H3,(H,18,23)(H2,19,20,21,22)/b17-9-. The van der Waals surface area contributed by atoms with Crippen molar-refractivity contribution < 1.29 is 9.21 Å². The van der Waals surface area contributed by atoms with Crippen LogP contribution in [0.3, 0.4) is 0 Å². The Morgan fingerprint density at radius 1 is 1.36 bits per heavy atom. The van der Waals surface area contributed by atoms with Gasteiger partial charge in [-0.1, -0.05) is 30.0 Å². The van der Waals surface area contributed by atoms with Gasteiger partial charge in [0, 0.05) is 5.69 Å². The number of nitrogens with zero attached hydrogens (tertiary/aromatic N) is 3.